The number of ether oxygens (including phenoxy) is 1. The van der Waals surface area contributed by atoms with Gasteiger partial charge in [0.1, 0.15) is 0 Å². The van der Waals surface area contributed by atoms with Crippen LogP contribution >= 0.6 is 11.6 Å². The van der Waals surface area contributed by atoms with Crippen molar-refractivity contribution in [2.45, 2.75) is 5.60 Å². The average molecular weight is 232 g/mol. The molecule has 1 aliphatic rings. The van der Waals surface area contributed by atoms with Gasteiger partial charge in [-0.15, -0.1) is 0 Å². The molecular formula is C13H10ClNO. The highest BCUT2D eigenvalue weighted by atomic mass is 35.5. The molecule has 3 heteroatoms. The summed E-state index contributed by atoms with van der Waals surface area (Å²) in [5, 5.41) is 0.737. The number of nitrogens with zero attached hydrogens (tertiary/aromatic N) is 1. The van der Waals surface area contributed by atoms with Crippen molar-refractivity contribution in [2.75, 3.05) is 6.61 Å². The van der Waals surface area contributed by atoms with E-state index in [0.717, 1.165) is 16.3 Å². The van der Waals surface area contributed by atoms with Gasteiger partial charge in [0.05, 0.1) is 12.3 Å². The molecule has 0 spiro atoms. The first-order valence-electron chi connectivity index (χ1n) is 5.13. The summed E-state index contributed by atoms with van der Waals surface area (Å²) in [5.74, 6) is 0. The highest BCUT2D eigenvalue weighted by Gasteiger charge is 2.49. The quantitative estimate of drug-likeness (QED) is 0.743. The Bertz CT molecular complexity index is 491. The second-order valence-corrected chi connectivity index (χ2v) is 4.27. The summed E-state index contributed by atoms with van der Waals surface area (Å²) in [5.41, 5.74) is 1.72. The van der Waals surface area contributed by atoms with E-state index in [-0.39, 0.29) is 5.60 Å². The Kier molecular flexibility index (Phi) is 2.20. The van der Waals surface area contributed by atoms with Gasteiger partial charge in [-0.25, -0.2) is 0 Å². The van der Waals surface area contributed by atoms with Gasteiger partial charge in [-0.2, -0.15) is 0 Å². The second-order valence-electron chi connectivity index (χ2n) is 3.84. The Labute approximate surface area is 98.8 Å². The van der Waals surface area contributed by atoms with Crippen LogP contribution in [0.2, 0.25) is 5.02 Å². The van der Waals surface area contributed by atoms with Gasteiger partial charge in [-0.1, -0.05) is 29.8 Å². The molecule has 0 bridgehead atoms. The monoisotopic (exact) mass is 231 g/mol. The molecule has 16 heavy (non-hydrogen) atoms. The number of hydrogen-bond donors (Lipinski definition) is 0. The van der Waals surface area contributed by atoms with Gasteiger partial charge < -0.3 is 4.74 Å². The van der Waals surface area contributed by atoms with Crippen LogP contribution in [0.15, 0.2) is 48.7 Å². The van der Waals surface area contributed by atoms with Crippen LogP contribution in [0, 0.1) is 0 Å². The fourth-order valence-electron chi connectivity index (χ4n) is 1.86. The summed E-state index contributed by atoms with van der Waals surface area (Å²) in [6, 6.07) is 13.6. The molecule has 0 aliphatic carbocycles. The number of halogens is 1. The first-order valence-corrected chi connectivity index (χ1v) is 5.51. The number of rotatable bonds is 2. The van der Waals surface area contributed by atoms with Crippen LogP contribution in [0.3, 0.4) is 0 Å². The van der Waals surface area contributed by atoms with Gasteiger partial charge in [0.15, 0.2) is 5.60 Å². The lowest BCUT2D eigenvalue weighted by atomic mass is 9.96. The van der Waals surface area contributed by atoms with Crippen molar-refractivity contribution >= 4 is 11.6 Å². The van der Waals surface area contributed by atoms with Gasteiger partial charge in [-0.05, 0) is 29.8 Å². The third-order valence-electron chi connectivity index (χ3n) is 2.82. The molecule has 0 radical (unpaired) electrons. The van der Waals surface area contributed by atoms with Gasteiger partial charge in [0.2, 0.25) is 0 Å². The Morgan fingerprint density at radius 3 is 2.44 bits per heavy atom. The smallest absolute Gasteiger partial charge is 0.158 e. The molecule has 2 aromatic rings. The van der Waals surface area contributed by atoms with Crippen LogP contribution in [0.4, 0.5) is 0 Å². The van der Waals surface area contributed by atoms with Crippen molar-refractivity contribution in [3.63, 3.8) is 0 Å². The Balaban J connectivity index is 2.03. The SMILES string of the molecule is Clc1ccc(C2(c3ccccn3)CO2)cc1. The maximum Gasteiger partial charge on any atom is 0.158 e. The standard InChI is InChI=1S/C13H10ClNO/c14-11-6-4-10(5-7-11)13(9-16-13)12-3-1-2-8-15-12/h1-8H,9H2. The minimum absolute atomic E-state index is 0.341. The van der Waals surface area contributed by atoms with Crippen LogP contribution in [0.5, 0.6) is 0 Å². The predicted molar refractivity (Wildman–Crippen MR) is 62.4 cm³/mol. The summed E-state index contributed by atoms with van der Waals surface area (Å²) >= 11 is 5.87. The zero-order valence-electron chi connectivity index (χ0n) is 8.56. The first kappa shape index (κ1) is 9.82. The van der Waals surface area contributed by atoms with E-state index >= 15 is 0 Å². The number of benzene rings is 1. The average Bonchev–Trinajstić information content (AvgIpc) is 3.13. The van der Waals surface area contributed by atoms with Crippen LogP contribution in [0.25, 0.3) is 0 Å². The van der Waals surface area contributed by atoms with Gasteiger partial charge in [0.25, 0.3) is 0 Å². The normalized spacial score (nSPS) is 23.1. The lowest BCUT2D eigenvalue weighted by molar-refractivity contribution is 0.343. The van der Waals surface area contributed by atoms with E-state index in [1.54, 1.807) is 6.20 Å². The molecule has 2 nitrogen and oxygen atoms in total. The molecule has 0 N–H and O–H groups in total. The first-order chi connectivity index (χ1) is 7.81. The molecule has 1 aliphatic heterocycles. The maximum absolute atomic E-state index is 5.87. The molecular weight excluding hydrogens is 222 g/mol. The molecule has 0 amide bonds. The molecule has 2 heterocycles. The summed E-state index contributed by atoms with van der Waals surface area (Å²) in [6.07, 6.45) is 1.79. The molecule has 0 saturated carbocycles. The van der Waals surface area contributed by atoms with E-state index in [1.807, 2.05) is 42.5 Å². The second kappa shape index (κ2) is 3.58. The topological polar surface area (TPSA) is 25.4 Å². The Morgan fingerprint density at radius 1 is 1.12 bits per heavy atom. The fourth-order valence-corrected chi connectivity index (χ4v) is 1.98. The number of aromatic nitrogens is 1. The minimum atomic E-state index is -0.341. The number of pyridine rings is 1. The van der Waals surface area contributed by atoms with Crippen molar-refractivity contribution in [1.29, 1.82) is 0 Å². The highest BCUT2D eigenvalue weighted by molar-refractivity contribution is 6.30. The highest BCUT2D eigenvalue weighted by Crippen LogP contribution is 2.44. The zero-order chi connectivity index (χ0) is 11.0. The fraction of sp³-hybridized carbons (Fsp3) is 0.154. The third kappa shape index (κ3) is 1.51. The van der Waals surface area contributed by atoms with Gasteiger partial charge in [-0.3, -0.25) is 4.98 Å². The molecule has 3 rings (SSSR count). The third-order valence-corrected chi connectivity index (χ3v) is 3.07. The van der Waals surface area contributed by atoms with Crippen molar-refractivity contribution in [2.24, 2.45) is 0 Å². The van der Waals surface area contributed by atoms with E-state index in [9.17, 15) is 0 Å². The van der Waals surface area contributed by atoms with Gasteiger partial charge >= 0.3 is 0 Å². The molecule has 1 aromatic heterocycles. The van der Waals surface area contributed by atoms with Crippen LogP contribution in [0.1, 0.15) is 11.3 Å². The summed E-state index contributed by atoms with van der Waals surface area (Å²) in [7, 11) is 0. The minimum Gasteiger partial charge on any atom is -0.358 e. The van der Waals surface area contributed by atoms with Gasteiger partial charge in [0, 0.05) is 11.2 Å². The molecule has 1 atom stereocenters. The molecule has 1 saturated heterocycles. The van der Waals surface area contributed by atoms with E-state index < -0.39 is 0 Å². The molecule has 1 fully saturated rings. The van der Waals surface area contributed by atoms with Crippen LogP contribution in [-0.2, 0) is 10.3 Å². The Hall–Kier alpha value is -1.38. The van der Waals surface area contributed by atoms with Crippen LogP contribution in [-0.4, -0.2) is 11.6 Å². The summed E-state index contributed by atoms with van der Waals surface area (Å²) in [6.45, 7) is 0.686. The van der Waals surface area contributed by atoms with E-state index in [2.05, 4.69) is 4.98 Å². The predicted octanol–water partition coefficient (Wildman–Crippen LogP) is 3.01. The van der Waals surface area contributed by atoms with Crippen molar-refractivity contribution in [3.05, 3.63) is 64.9 Å². The largest absolute Gasteiger partial charge is 0.358 e. The maximum atomic E-state index is 5.87. The number of epoxide rings is 1. The van der Waals surface area contributed by atoms with E-state index in [1.165, 1.54) is 0 Å². The van der Waals surface area contributed by atoms with E-state index in [4.69, 9.17) is 16.3 Å². The molecule has 1 unspecified atom stereocenters. The Morgan fingerprint density at radius 2 is 1.88 bits per heavy atom. The van der Waals surface area contributed by atoms with E-state index in [0.29, 0.717) is 6.61 Å². The van der Waals surface area contributed by atoms with Crippen molar-refractivity contribution < 1.29 is 4.74 Å². The molecule has 80 valence electrons. The number of hydrogen-bond acceptors (Lipinski definition) is 2. The summed E-state index contributed by atoms with van der Waals surface area (Å²) in [4.78, 5) is 4.35. The lowest BCUT2D eigenvalue weighted by Crippen LogP contribution is -2.12. The van der Waals surface area contributed by atoms with Crippen molar-refractivity contribution in [1.82, 2.24) is 4.98 Å². The zero-order valence-corrected chi connectivity index (χ0v) is 9.32. The van der Waals surface area contributed by atoms with Crippen LogP contribution < -0.4 is 0 Å². The summed E-state index contributed by atoms with van der Waals surface area (Å²) < 4.78 is 5.60. The van der Waals surface area contributed by atoms with Crippen molar-refractivity contribution in [3.8, 4) is 0 Å². The molecule has 1 aromatic carbocycles. The lowest BCUT2D eigenvalue weighted by Gasteiger charge is -2.11.